The van der Waals surface area contributed by atoms with Gasteiger partial charge in [0.05, 0.1) is 43.3 Å². The van der Waals surface area contributed by atoms with Crippen molar-refractivity contribution < 1.29 is 38.1 Å². The molecule has 2 fully saturated rings. The van der Waals surface area contributed by atoms with E-state index in [2.05, 4.69) is 27.7 Å². The summed E-state index contributed by atoms with van der Waals surface area (Å²) in [5.41, 5.74) is -0.712. The van der Waals surface area contributed by atoms with Gasteiger partial charge in [-0.3, -0.25) is 4.79 Å². The Balaban J connectivity index is 1.42. The highest BCUT2D eigenvalue weighted by molar-refractivity contribution is 6.47. The summed E-state index contributed by atoms with van der Waals surface area (Å²) in [6.45, 7) is 7.87. The maximum absolute atomic E-state index is 13.0. The molecule has 0 heterocycles. The summed E-state index contributed by atoms with van der Waals surface area (Å²) in [4.78, 5) is 51.8. The molecule has 2 aliphatic carbocycles. The Morgan fingerprint density at radius 2 is 1.11 bits per heavy atom. The normalized spacial score (nSPS) is 19.8. The van der Waals surface area contributed by atoms with Crippen molar-refractivity contribution >= 4 is 93.3 Å². The van der Waals surface area contributed by atoms with Crippen LogP contribution in [-0.2, 0) is 19.1 Å². The predicted molar refractivity (Wildman–Crippen MR) is 182 cm³/mol. The quantitative estimate of drug-likeness (QED) is 0.0763. The number of ether oxygens (including phenoxy) is 4. The number of carbonyl (C=O) groups excluding carboxylic acids is 4. The van der Waals surface area contributed by atoms with E-state index in [-0.39, 0.29) is 54.7 Å². The molecule has 0 saturated heterocycles. The van der Waals surface area contributed by atoms with Gasteiger partial charge in [-0.05, 0) is 73.3 Å². The zero-order valence-corrected chi connectivity index (χ0v) is 30.6. The molecule has 0 N–H and O–H groups in total. The minimum atomic E-state index is -1.46. The van der Waals surface area contributed by atoms with Gasteiger partial charge in [0.25, 0.3) is 5.78 Å². The number of ketones is 1. The minimum Gasteiger partial charge on any atom is -0.483 e. The molecule has 0 amide bonds. The molecule has 0 radical (unpaired) electrons. The third-order valence-electron chi connectivity index (χ3n) is 8.54. The average molecular weight is 771 g/mol. The fourth-order valence-corrected chi connectivity index (χ4v) is 7.15. The average Bonchev–Trinajstić information content (AvgIpc) is 3.92. The van der Waals surface area contributed by atoms with Crippen LogP contribution in [0.3, 0.4) is 0 Å². The van der Waals surface area contributed by atoms with Crippen LogP contribution in [0.5, 0.6) is 11.5 Å². The van der Waals surface area contributed by atoms with Gasteiger partial charge in [0.2, 0.25) is 0 Å². The maximum atomic E-state index is 13.0. The molecule has 4 unspecified atom stereocenters. The van der Waals surface area contributed by atoms with Crippen LogP contribution in [0.25, 0.3) is 0 Å². The van der Waals surface area contributed by atoms with Crippen molar-refractivity contribution in [1.29, 1.82) is 0 Å². The number of rotatable bonds is 15. The highest BCUT2D eigenvalue weighted by Gasteiger charge is 2.40. The molecule has 4 rings (SSSR count). The second-order valence-electron chi connectivity index (χ2n) is 12.5. The fraction of sp³-hybridized carbons (Fsp3) is 0.515. The largest absolute Gasteiger partial charge is 0.483 e. The van der Waals surface area contributed by atoms with Crippen molar-refractivity contribution in [2.75, 3.05) is 19.8 Å². The Labute approximate surface area is 303 Å². The molecule has 2 saturated carbocycles. The van der Waals surface area contributed by atoms with Crippen LogP contribution in [0.1, 0.15) is 74.1 Å². The second kappa shape index (κ2) is 16.2. The minimum absolute atomic E-state index is 0.0469. The summed E-state index contributed by atoms with van der Waals surface area (Å²) in [6.07, 6.45) is 3.45. The van der Waals surface area contributed by atoms with Crippen LogP contribution in [0.15, 0.2) is 12.1 Å². The molecule has 47 heavy (non-hydrogen) atoms. The molecule has 2 aromatic rings. The first-order valence-corrected chi connectivity index (χ1v) is 17.5. The van der Waals surface area contributed by atoms with Gasteiger partial charge in [-0.1, -0.05) is 97.3 Å². The van der Waals surface area contributed by atoms with E-state index >= 15 is 0 Å². The van der Waals surface area contributed by atoms with E-state index in [9.17, 15) is 19.2 Å². The molecule has 4 atom stereocenters. The first-order chi connectivity index (χ1) is 22.1. The number of carbonyl (C=O) groups is 4. The van der Waals surface area contributed by atoms with Crippen LogP contribution in [0.4, 0.5) is 0 Å². The molecule has 0 bridgehead atoms. The number of Topliss-reactive ketones (excluding diaryl/α,β-unsaturated/α-hetero) is 1. The highest BCUT2D eigenvalue weighted by Crippen LogP contribution is 2.47. The highest BCUT2D eigenvalue weighted by atomic mass is 35.5. The molecule has 8 nitrogen and oxygen atoms in total. The van der Waals surface area contributed by atoms with Crippen molar-refractivity contribution in [3.63, 3.8) is 0 Å². The number of esters is 3. The Morgan fingerprint density at radius 1 is 0.681 bits per heavy atom. The SMILES string of the molecule is CC(C)C1CC1CCOC(=O)c1c(Cl)c(Cl)cc(Cl)c1OCC(=O)C(=O)Oc1c(Cl)cc(Cl)c(Cl)c1C(=O)OCCC1CC1C(C)C. The van der Waals surface area contributed by atoms with Crippen LogP contribution in [0, 0.1) is 35.5 Å². The Hall–Kier alpha value is -1.94. The Kier molecular flexibility index (Phi) is 13.0. The van der Waals surface area contributed by atoms with E-state index in [0.717, 1.165) is 18.9 Å². The molecular formula is C33H34Cl6O8. The van der Waals surface area contributed by atoms with Crippen LogP contribution < -0.4 is 9.47 Å². The van der Waals surface area contributed by atoms with Gasteiger partial charge in [0.15, 0.2) is 18.1 Å². The second-order valence-corrected chi connectivity index (χ2v) is 14.9. The van der Waals surface area contributed by atoms with E-state index in [4.69, 9.17) is 88.6 Å². The van der Waals surface area contributed by atoms with Gasteiger partial charge >= 0.3 is 17.9 Å². The van der Waals surface area contributed by atoms with E-state index in [1.54, 1.807) is 0 Å². The van der Waals surface area contributed by atoms with Gasteiger partial charge in [-0.2, -0.15) is 0 Å². The molecule has 2 aliphatic rings. The lowest BCUT2D eigenvalue weighted by atomic mass is 10.1. The molecule has 0 spiro atoms. The number of halogens is 6. The molecule has 0 aliphatic heterocycles. The lowest BCUT2D eigenvalue weighted by molar-refractivity contribution is -0.148. The topological polar surface area (TPSA) is 105 Å². The monoisotopic (exact) mass is 768 g/mol. The van der Waals surface area contributed by atoms with Gasteiger partial charge in [-0.25, -0.2) is 14.4 Å². The summed E-state index contributed by atoms with van der Waals surface area (Å²) in [5, 5.41) is -1.03. The van der Waals surface area contributed by atoms with E-state index in [1.807, 2.05) is 0 Å². The van der Waals surface area contributed by atoms with Crippen LogP contribution >= 0.6 is 69.6 Å². The zero-order valence-electron chi connectivity index (χ0n) is 26.1. The Morgan fingerprint density at radius 3 is 1.53 bits per heavy atom. The summed E-state index contributed by atoms with van der Waals surface area (Å²) >= 11 is 37.4. The van der Waals surface area contributed by atoms with Gasteiger partial charge in [0, 0.05) is 0 Å². The van der Waals surface area contributed by atoms with Crippen molar-refractivity contribution in [3.8, 4) is 11.5 Å². The third-order valence-corrected chi connectivity index (χ3v) is 10.7. The van der Waals surface area contributed by atoms with E-state index in [1.165, 1.54) is 6.07 Å². The molecule has 14 heteroatoms. The first kappa shape index (κ1) is 37.9. The standard InChI is InChI=1S/C33H34Cl6O8/c1-14(2)18-9-16(18)5-7-44-32(42)25-27(38)20(34)11-22(36)29(25)46-13-24(40)31(41)47-30-23(37)12-21(35)28(39)26(30)33(43)45-8-6-17-10-19(17)15(3)4/h11-12,14-19H,5-10,13H2,1-4H3. The fourth-order valence-electron chi connectivity index (χ4n) is 5.70. The van der Waals surface area contributed by atoms with Crippen molar-refractivity contribution in [2.45, 2.75) is 53.4 Å². The van der Waals surface area contributed by atoms with E-state index in [0.29, 0.717) is 48.3 Å². The predicted octanol–water partition coefficient (Wildman–Crippen LogP) is 9.84. The van der Waals surface area contributed by atoms with Crippen molar-refractivity contribution in [2.24, 2.45) is 35.5 Å². The van der Waals surface area contributed by atoms with Crippen LogP contribution in [0.2, 0.25) is 30.1 Å². The van der Waals surface area contributed by atoms with Crippen molar-refractivity contribution in [1.82, 2.24) is 0 Å². The lowest BCUT2D eigenvalue weighted by Crippen LogP contribution is -2.27. The zero-order chi connectivity index (χ0) is 34.7. The summed E-state index contributed by atoms with van der Waals surface area (Å²) in [6, 6.07) is 2.38. The van der Waals surface area contributed by atoms with Gasteiger partial charge in [-0.15, -0.1) is 0 Å². The number of hydrogen-bond acceptors (Lipinski definition) is 8. The number of benzene rings is 2. The molecule has 256 valence electrons. The molecular weight excluding hydrogens is 737 g/mol. The lowest BCUT2D eigenvalue weighted by Gasteiger charge is -2.16. The van der Waals surface area contributed by atoms with Crippen molar-refractivity contribution in [3.05, 3.63) is 53.4 Å². The summed E-state index contributed by atoms with van der Waals surface area (Å²) in [5.74, 6) is -2.14. The van der Waals surface area contributed by atoms with E-state index < -0.39 is 41.6 Å². The smallest absolute Gasteiger partial charge is 0.383 e. The molecule has 2 aromatic carbocycles. The molecule has 0 aromatic heterocycles. The Bertz CT molecular complexity index is 1560. The third kappa shape index (κ3) is 9.40. The summed E-state index contributed by atoms with van der Waals surface area (Å²) < 4.78 is 21.5. The number of hydrogen-bond donors (Lipinski definition) is 0. The van der Waals surface area contributed by atoms with Gasteiger partial charge in [0.1, 0.15) is 11.1 Å². The van der Waals surface area contributed by atoms with Crippen LogP contribution in [-0.4, -0.2) is 43.5 Å². The summed E-state index contributed by atoms with van der Waals surface area (Å²) in [7, 11) is 0. The van der Waals surface area contributed by atoms with Gasteiger partial charge < -0.3 is 18.9 Å². The maximum Gasteiger partial charge on any atom is 0.383 e. The first-order valence-electron chi connectivity index (χ1n) is 15.2.